The van der Waals surface area contributed by atoms with Crippen molar-refractivity contribution in [1.29, 1.82) is 0 Å². The van der Waals surface area contributed by atoms with Crippen LogP contribution in [-0.2, 0) is 46.3 Å². The van der Waals surface area contributed by atoms with E-state index in [-0.39, 0.29) is 25.1 Å². The molecule has 1 aliphatic rings. The Morgan fingerprint density at radius 2 is 1.34 bits per heavy atom. The van der Waals surface area contributed by atoms with Gasteiger partial charge >= 0.3 is 33.3 Å². The molecule has 1 aromatic heterocycles. The first-order valence-electron chi connectivity index (χ1n) is 26.4. The second-order valence-electron chi connectivity index (χ2n) is 18.7. The van der Waals surface area contributed by atoms with Crippen LogP contribution in [-0.4, -0.2) is 96.9 Å². The summed E-state index contributed by atoms with van der Waals surface area (Å²) in [6.45, 7) is 4.21. The van der Waals surface area contributed by atoms with Gasteiger partial charge in [0.2, 0.25) is 0 Å². The first kappa shape index (κ1) is 66.3. The average molecular weight is 1080 g/mol. The first-order chi connectivity index (χ1) is 35.4. The second-order valence-corrected chi connectivity index (χ2v) is 21.7. The van der Waals surface area contributed by atoms with E-state index in [2.05, 4.69) is 42.2 Å². The van der Waals surface area contributed by atoms with Crippen molar-refractivity contribution in [2.45, 2.75) is 199 Å². The summed E-state index contributed by atoms with van der Waals surface area (Å²) in [6, 6.07) is 1.24. The summed E-state index contributed by atoms with van der Waals surface area (Å²) in [6.07, 6.45) is 36.0. The summed E-state index contributed by atoms with van der Waals surface area (Å²) >= 11 is 0. The van der Waals surface area contributed by atoms with Gasteiger partial charge in [0.05, 0.1) is 19.3 Å². The van der Waals surface area contributed by atoms with Gasteiger partial charge in [-0.1, -0.05) is 177 Å². The lowest BCUT2D eigenvalue weighted by molar-refractivity contribution is -0.161. The average Bonchev–Trinajstić information content (AvgIpc) is 3.62. The Balaban J connectivity index is 1.84. The number of nitrogens with two attached hydrogens (primary N) is 1. The molecule has 1 aliphatic heterocycles. The van der Waals surface area contributed by atoms with E-state index in [1.807, 2.05) is 48.6 Å². The van der Waals surface area contributed by atoms with Crippen molar-refractivity contribution in [3.8, 4) is 0 Å². The molecule has 0 aliphatic carbocycles. The lowest BCUT2D eigenvalue weighted by Crippen LogP contribution is -2.36. The zero-order valence-corrected chi connectivity index (χ0v) is 45.7. The Morgan fingerprint density at radius 3 is 1.97 bits per heavy atom. The molecular formula is C53H87N3O16P2. The number of nitrogens with zero attached hydrogens (tertiary/aromatic N) is 2. The predicted octanol–water partition coefficient (Wildman–Crippen LogP) is 10.1. The summed E-state index contributed by atoms with van der Waals surface area (Å²) in [5, 5.41) is 31.0. The lowest BCUT2D eigenvalue weighted by Gasteiger charge is -2.21. The van der Waals surface area contributed by atoms with Gasteiger partial charge < -0.3 is 45.1 Å². The van der Waals surface area contributed by atoms with E-state index in [9.17, 15) is 48.6 Å². The summed E-state index contributed by atoms with van der Waals surface area (Å²) in [4.78, 5) is 61.9. The molecule has 0 amide bonds. The zero-order valence-electron chi connectivity index (χ0n) is 43.9. The third-order valence-corrected chi connectivity index (χ3v) is 14.2. The Morgan fingerprint density at radius 1 is 0.757 bits per heavy atom. The number of nitrogen functional groups attached to an aromatic ring is 1. The van der Waals surface area contributed by atoms with Gasteiger partial charge in [0.15, 0.2) is 12.3 Å². The molecule has 0 saturated carbocycles. The van der Waals surface area contributed by atoms with Crippen molar-refractivity contribution in [2.75, 3.05) is 25.6 Å². The Kier molecular flexibility index (Phi) is 35.4. The number of aliphatic hydroxyl groups excluding tert-OH is 3. The van der Waals surface area contributed by atoms with E-state index in [0.29, 0.717) is 25.7 Å². The largest absolute Gasteiger partial charge is 0.481 e. The number of carbonyl (C=O) groups excluding carboxylic acids is 2. The quantitative estimate of drug-likeness (QED) is 0.0117. The molecule has 19 nitrogen and oxygen atoms in total. The van der Waals surface area contributed by atoms with Crippen LogP contribution in [0.5, 0.6) is 0 Å². The SMILES string of the molecule is CC/C=C\C/C=C\CC(O)/C=C/C=C\C/C=C\C/C=C\CCC(=O)O[C@H](COC(=O)CCCCCCCCCCCCCCCC(C)C)COP(=O)(O)OP(=O)(O)OC[C@H]1O[C@@H](n2ccc(N)nc2=O)[C@H](O)[C@@H]1O. The molecule has 420 valence electrons. The summed E-state index contributed by atoms with van der Waals surface area (Å²) in [7, 11) is -10.9. The van der Waals surface area contributed by atoms with Gasteiger partial charge in [-0.2, -0.15) is 9.29 Å². The third-order valence-electron chi connectivity index (χ3n) is 11.6. The second kappa shape index (κ2) is 39.5. The number of aromatic nitrogens is 2. The van der Waals surface area contributed by atoms with Crippen molar-refractivity contribution in [1.82, 2.24) is 9.55 Å². The van der Waals surface area contributed by atoms with E-state index in [0.717, 1.165) is 55.2 Å². The maximum Gasteiger partial charge on any atom is 0.481 e. The third kappa shape index (κ3) is 32.6. The van der Waals surface area contributed by atoms with Gasteiger partial charge in [0.1, 0.15) is 30.7 Å². The number of rotatable bonds is 42. The molecule has 2 rings (SSSR count). The predicted molar refractivity (Wildman–Crippen MR) is 285 cm³/mol. The fraction of sp³-hybridized carbons (Fsp3) is 0.660. The normalized spacial score (nSPS) is 20.0. The highest BCUT2D eigenvalue weighted by atomic mass is 31.3. The van der Waals surface area contributed by atoms with Crippen LogP contribution in [0.15, 0.2) is 90.0 Å². The van der Waals surface area contributed by atoms with Crippen molar-refractivity contribution in [2.24, 2.45) is 5.92 Å². The number of phosphoric acid groups is 2. The molecule has 1 fully saturated rings. The molecule has 21 heteroatoms. The zero-order chi connectivity index (χ0) is 54.5. The van der Waals surface area contributed by atoms with Gasteiger partial charge in [0, 0.05) is 19.0 Å². The minimum Gasteiger partial charge on any atom is -0.462 e. The summed E-state index contributed by atoms with van der Waals surface area (Å²) in [5.41, 5.74) is 4.58. The highest BCUT2D eigenvalue weighted by Gasteiger charge is 2.46. The number of esters is 2. The van der Waals surface area contributed by atoms with E-state index in [4.69, 9.17) is 29.0 Å². The Labute approximate surface area is 438 Å². The van der Waals surface area contributed by atoms with Crippen molar-refractivity contribution < 1.29 is 71.4 Å². The number of ether oxygens (including phenoxy) is 3. The van der Waals surface area contributed by atoms with Crippen LogP contribution in [0, 0.1) is 5.92 Å². The molecule has 0 bridgehead atoms. The molecule has 0 aromatic carbocycles. The van der Waals surface area contributed by atoms with E-state index >= 15 is 0 Å². The molecule has 0 radical (unpaired) electrons. The standard InChI is InChI=1S/C53H87N3O16P2/c1-4-5-6-7-24-29-34-44(57)35-30-25-20-16-13-14-18-22-27-32-37-49(59)70-45(40-67-48(58)36-31-26-21-17-12-10-8-9-11-15-19-23-28-33-43(2)3)41-68-73(63,64)72-74(65,66)69-42-46-50(60)51(61)52(71-46)56-39-38-47(54)55-53(56)62/h5-6,13-14,20,22,24-25,27,29-30,35,38-39,43-46,50-52,57,60-61H,4,7-12,15-19,21,23,26,28,31-34,36-37,40-42H2,1-3H3,(H,63,64)(H,65,66)(H2,54,55,62)/b6-5-,14-13-,25-20-,27-22-,29-24-,35-30+/t44?,45-,46-,50-,51-,52-/m1/s1. The summed E-state index contributed by atoms with van der Waals surface area (Å²) < 4.78 is 56.7. The van der Waals surface area contributed by atoms with Gasteiger partial charge in [-0.3, -0.25) is 23.2 Å². The van der Waals surface area contributed by atoms with Crippen LogP contribution in [0.4, 0.5) is 5.82 Å². The Hall–Kier alpha value is -3.84. The van der Waals surface area contributed by atoms with Crippen LogP contribution in [0.1, 0.15) is 168 Å². The molecule has 74 heavy (non-hydrogen) atoms. The molecule has 2 heterocycles. The van der Waals surface area contributed by atoms with E-state index in [1.165, 1.54) is 63.9 Å². The minimum atomic E-state index is -5.45. The maximum absolute atomic E-state index is 12.9. The minimum absolute atomic E-state index is 0.0998. The lowest BCUT2D eigenvalue weighted by atomic mass is 10.0. The molecular weight excluding hydrogens is 997 g/mol. The van der Waals surface area contributed by atoms with E-state index in [1.54, 1.807) is 12.2 Å². The van der Waals surface area contributed by atoms with Crippen LogP contribution < -0.4 is 11.4 Å². The monoisotopic (exact) mass is 1080 g/mol. The van der Waals surface area contributed by atoms with Gasteiger partial charge in [0.25, 0.3) is 0 Å². The molecule has 7 N–H and O–H groups in total. The highest BCUT2D eigenvalue weighted by molar-refractivity contribution is 7.61. The number of allylic oxidation sites excluding steroid dienone is 10. The summed E-state index contributed by atoms with van der Waals surface area (Å²) in [5.74, 6) is -0.652. The van der Waals surface area contributed by atoms with Crippen molar-refractivity contribution in [3.63, 3.8) is 0 Å². The molecule has 1 saturated heterocycles. The first-order valence-corrected chi connectivity index (χ1v) is 29.4. The molecule has 8 atom stereocenters. The van der Waals surface area contributed by atoms with Gasteiger partial charge in [-0.25, -0.2) is 13.9 Å². The molecule has 0 spiro atoms. The van der Waals surface area contributed by atoms with Crippen LogP contribution in [0.25, 0.3) is 0 Å². The number of hydrogen-bond donors (Lipinski definition) is 6. The topological polar surface area (TPSA) is 286 Å². The number of phosphoric ester groups is 2. The van der Waals surface area contributed by atoms with Gasteiger partial charge in [-0.05, 0) is 56.9 Å². The number of anilines is 1. The van der Waals surface area contributed by atoms with Crippen molar-refractivity contribution >= 4 is 33.4 Å². The maximum atomic E-state index is 12.9. The smallest absolute Gasteiger partial charge is 0.462 e. The van der Waals surface area contributed by atoms with E-state index < -0.39 is 89.8 Å². The van der Waals surface area contributed by atoms with Gasteiger partial charge in [-0.15, -0.1) is 0 Å². The fourth-order valence-corrected chi connectivity index (χ4v) is 9.60. The van der Waals surface area contributed by atoms with Crippen LogP contribution >= 0.6 is 15.6 Å². The highest BCUT2D eigenvalue weighted by Crippen LogP contribution is 2.60. The number of hydrogen-bond acceptors (Lipinski definition) is 16. The molecule has 3 unspecified atom stereocenters. The van der Waals surface area contributed by atoms with Crippen LogP contribution in [0.2, 0.25) is 0 Å². The van der Waals surface area contributed by atoms with Crippen molar-refractivity contribution in [3.05, 3.63) is 95.7 Å². The number of aliphatic hydroxyl groups is 3. The molecule has 1 aromatic rings. The number of carbonyl (C=O) groups is 2. The Bertz CT molecular complexity index is 2060. The van der Waals surface area contributed by atoms with Crippen LogP contribution in [0.3, 0.4) is 0 Å². The number of unbranched alkanes of at least 4 members (excludes halogenated alkanes) is 12. The fourth-order valence-electron chi connectivity index (χ4n) is 7.49.